The van der Waals surface area contributed by atoms with Gasteiger partial charge in [-0.3, -0.25) is 0 Å². The van der Waals surface area contributed by atoms with Gasteiger partial charge in [0.25, 0.3) is 0 Å². The molecule has 0 amide bonds. The maximum Gasteiger partial charge on any atom is 0.223 e. The average molecular weight is 343 g/mol. The minimum atomic E-state index is 0.201. The number of benzene rings is 1. The number of ether oxygens (including phenoxy) is 2. The van der Waals surface area contributed by atoms with E-state index in [1.165, 1.54) is 0 Å². The Morgan fingerprint density at radius 3 is 2.58 bits per heavy atom. The van der Waals surface area contributed by atoms with Crippen LogP contribution in [-0.2, 0) is 0 Å². The Hall–Kier alpha value is -2.61. The summed E-state index contributed by atoms with van der Waals surface area (Å²) in [6.07, 6.45) is 1.66. The van der Waals surface area contributed by atoms with Gasteiger partial charge in [0.1, 0.15) is 10.5 Å². The lowest BCUT2D eigenvalue weighted by atomic mass is 10.1. The van der Waals surface area contributed by atoms with E-state index in [9.17, 15) is 0 Å². The number of thioether (sulfide) groups is 1. The molecule has 7 nitrogen and oxygen atoms in total. The molecule has 0 aliphatic rings. The van der Waals surface area contributed by atoms with Crippen molar-refractivity contribution in [2.45, 2.75) is 11.9 Å². The third kappa shape index (κ3) is 3.05. The second-order valence-electron chi connectivity index (χ2n) is 4.82. The highest BCUT2D eigenvalue weighted by Gasteiger charge is 2.13. The number of nitrogen functional groups attached to an aromatic ring is 1. The first kappa shape index (κ1) is 16.3. The van der Waals surface area contributed by atoms with Gasteiger partial charge in [-0.2, -0.15) is 4.98 Å². The van der Waals surface area contributed by atoms with Crippen LogP contribution in [0.3, 0.4) is 0 Å². The predicted octanol–water partition coefficient (Wildman–Crippen LogP) is 2.80. The predicted molar refractivity (Wildman–Crippen MR) is 94.5 cm³/mol. The fourth-order valence-electron chi connectivity index (χ4n) is 2.27. The largest absolute Gasteiger partial charge is 0.493 e. The maximum absolute atomic E-state index is 5.74. The van der Waals surface area contributed by atoms with Crippen molar-refractivity contribution in [1.29, 1.82) is 0 Å². The minimum absolute atomic E-state index is 0.201. The average Bonchev–Trinajstić information content (AvgIpc) is 2.61. The van der Waals surface area contributed by atoms with Crippen LogP contribution in [0, 0.1) is 0 Å². The third-order valence-electron chi connectivity index (χ3n) is 3.35. The molecule has 0 spiro atoms. The second-order valence-corrected chi connectivity index (χ2v) is 6.07. The molecule has 3 rings (SSSR count). The lowest BCUT2D eigenvalue weighted by molar-refractivity contribution is 0.355. The van der Waals surface area contributed by atoms with Gasteiger partial charge in [-0.25, -0.2) is 15.0 Å². The number of fused-ring (bicyclic) bond motifs is 1. The highest BCUT2D eigenvalue weighted by molar-refractivity contribution is 7.99. The van der Waals surface area contributed by atoms with Gasteiger partial charge in [0.05, 0.1) is 26.1 Å². The van der Waals surface area contributed by atoms with Crippen LogP contribution in [0.1, 0.15) is 6.92 Å². The molecule has 0 atom stereocenters. The number of methoxy groups -OCH3 is 2. The number of nitrogens with zero attached hydrogens (tertiary/aromatic N) is 4. The Kier molecular flexibility index (Phi) is 4.66. The Morgan fingerprint density at radius 1 is 1.08 bits per heavy atom. The molecular weight excluding hydrogens is 326 g/mol. The molecule has 8 heteroatoms. The number of aromatic nitrogens is 4. The zero-order chi connectivity index (χ0) is 17.1. The molecule has 124 valence electrons. The first-order valence-corrected chi connectivity index (χ1v) is 8.30. The summed E-state index contributed by atoms with van der Waals surface area (Å²) in [5.74, 6) is 2.35. The quantitative estimate of drug-likeness (QED) is 0.558. The molecule has 0 fully saturated rings. The fraction of sp³-hybridized carbons (Fsp3) is 0.250. The fourth-order valence-corrected chi connectivity index (χ4v) is 2.98. The van der Waals surface area contributed by atoms with Crippen LogP contribution in [-0.4, -0.2) is 39.9 Å². The summed E-state index contributed by atoms with van der Waals surface area (Å²) in [6.45, 7) is 2.04. The molecule has 2 aromatic heterocycles. The molecule has 0 radical (unpaired) electrons. The zero-order valence-corrected chi connectivity index (χ0v) is 14.4. The summed E-state index contributed by atoms with van der Waals surface area (Å²) < 4.78 is 10.6. The lowest BCUT2D eigenvalue weighted by Crippen LogP contribution is -2.01. The molecule has 1 aromatic carbocycles. The SMILES string of the molecule is CCSc1nc(N)nc2ncc(-c3ccc(OC)c(OC)c3)nc12. The molecule has 2 N–H and O–H groups in total. The smallest absolute Gasteiger partial charge is 0.223 e. The number of anilines is 1. The van der Waals surface area contributed by atoms with E-state index in [2.05, 4.69) is 19.9 Å². The molecular formula is C16H17N5O2S. The lowest BCUT2D eigenvalue weighted by Gasteiger charge is -2.10. The van der Waals surface area contributed by atoms with E-state index in [4.69, 9.17) is 15.2 Å². The van der Waals surface area contributed by atoms with Crippen LogP contribution in [0.4, 0.5) is 5.95 Å². The summed E-state index contributed by atoms with van der Waals surface area (Å²) in [5.41, 5.74) is 8.44. The molecule has 2 heterocycles. The second kappa shape index (κ2) is 6.88. The normalized spacial score (nSPS) is 10.8. The summed E-state index contributed by atoms with van der Waals surface area (Å²) in [6, 6.07) is 5.60. The van der Waals surface area contributed by atoms with Crippen molar-refractivity contribution in [3.8, 4) is 22.8 Å². The van der Waals surface area contributed by atoms with Crippen LogP contribution < -0.4 is 15.2 Å². The summed E-state index contributed by atoms with van der Waals surface area (Å²) in [4.78, 5) is 17.5. The van der Waals surface area contributed by atoms with Crippen LogP contribution in [0.5, 0.6) is 11.5 Å². The number of hydrogen-bond donors (Lipinski definition) is 1. The van der Waals surface area contributed by atoms with Gasteiger partial charge < -0.3 is 15.2 Å². The molecule has 0 aliphatic heterocycles. The van der Waals surface area contributed by atoms with E-state index >= 15 is 0 Å². The van der Waals surface area contributed by atoms with Gasteiger partial charge in [0.2, 0.25) is 5.95 Å². The monoisotopic (exact) mass is 343 g/mol. The molecule has 0 aliphatic carbocycles. The number of rotatable bonds is 5. The Balaban J connectivity index is 2.13. The molecule has 0 bridgehead atoms. The Labute approximate surface area is 143 Å². The number of nitrogens with two attached hydrogens (primary N) is 1. The van der Waals surface area contributed by atoms with E-state index in [1.54, 1.807) is 32.2 Å². The van der Waals surface area contributed by atoms with Gasteiger partial charge >= 0.3 is 0 Å². The first-order chi connectivity index (χ1) is 11.7. The topological polar surface area (TPSA) is 96.0 Å². The molecule has 3 aromatic rings. The van der Waals surface area contributed by atoms with Crippen LogP contribution in [0.25, 0.3) is 22.4 Å². The summed E-state index contributed by atoms with van der Waals surface area (Å²) in [5, 5.41) is 0.731. The Morgan fingerprint density at radius 2 is 1.88 bits per heavy atom. The van der Waals surface area contributed by atoms with Gasteiger partial charge in [0, 0.05) is 5.56 Å². The molecule has 0 saturated carbocycles. The number of hydrogen-bond acceptors (Lipinski definition) is 8. The highest BCUT2D eigenvalue weighted by atomic mass is 32.2. The highest BCUT2D eigenvalue weighted by Crippen LogP contribution is 2.32. The van der Waals surface area contributed by atoms with E-state index in [0.29, 0.717) is 28.4 Å². The first-order valence-electron chi connectivity index (χ1n) is 7.31. The van der Waals surface area contributed by atoms with Crippen LogP contribution in [0.2, 0.25) is 0 Å². The summed E-state index contributed by atoms with van der Waals surface area (Å²) >= 11 is 1.56. The van der Waals surface area contributed by atoms with Crippen molar-refractivity contribution < 1.29 is 9.47 Å². The standard InChI is InChI=1S/C16H17N5O2S/c1-4-24-15-13-14(20-16(17)21-15)18-8-10(19-13)9-5-6-11(22-2)12(7-9)23-3/h5-8H,4H2,1-3H3,(H2,17,18,20,21). The van der Waals surface area contributed by atoms with Crippen molar-refractivity contribution in [2.24, 2.45) is 0 Å². The summed E-state index contributed by atoms with van der Waals surface area (Å²) in [7, 11) is 3.20. The molecule has 0 saturated heterocycles. The van der Waals surface area contributed by atoms with Crippen molar-refractivity contribution in [3.63, 3.8) is 0 Å². The van der Waals surface area contributed by atoms with Gasteiger partial charge in [0.15, 0.2) is 17.1 Å². The van der Waals surface area contributed by atoms with Crippen LogP contribution >= 0.6 is 11.8 Å². The van der Waals surface area contributed by atoms with Crippen LogP contribution in [0.15, 0.2) is 29.4 Å². The van der Waals surface area contributed by atoms with Gasteiger partial charge in [-0.05, 0) is 24.0 Å². The third-order valence-corrected chi connectivity index (χ3v) is 4.20. The van der Waals surface area contributed by atoms with E-state index < -0.39 is 0 Å². The van der Waals surface area contributed by atoms with Crippen molar-refractivity contribution in [3.05, 3.63) is 24.4 Å². The van der Waals surface area contributed by atoms with Gasteiger partial charge in [-0.1, -0.05) is 6.92 Å². The minimum Gasteiger partial charge on any atom is -0.493 e. The zero-order valence-electron chi connectivity index (χ0n) is 13.6. The van der Waals surface area contributed by atoms with E-state index in [0.717, 1.165) is 16.3 Å². The van der Waals surface area contributed by atoms with E-state index in [1.807, 2.05) is 25.1 Å². The van der Waals surface area contributed by atoms with Crippen molar-refractivity contribution >= 4 is 28.9 Å². The van der Waals surface area contributed by atoms with Crippen molar-refractivity contribution in [1.82, 2.24) is 19.9 Å². The van der Waals surface area contributed by atoms with Crippen molar-refractivity contribution in [2.75, 3.05) is 25.7 Å². The van der Waals surface area contributed by atoms with E-state index in [-0.39, 0.29) is 5.95 Å². The Bertz CT molecular complexity index is 888. The maximum atomic E-state index is 5.74. The molecule has 24 heavy (non-hydrogen) atoms. The van der Waals surface area contributed by atoms with Gasteiger partial charge in [-0.15, -0.1) is 11.8 Å². The molecule has 0 unspecified atom stereocenters.